The summed E-state index contributed by atoms with van der Waals surface area (Å²) in [7, 11) is 1.52. The molecule has 1 atom stereocenters. The van der Waals surface area contributed by atoms with E-state index in [4.69, 9.17) is 10.00 Å². The van der Waals surface area contributed by atoms with Crippen LogP contribution in [0.2, 0.25) is 0 Å². The molecule has 0 heterocycles. The van der Waals surface area contributed by atoms with Crippen molar-refractivity contribution in [3.05, 3.63) is 29.8 Å². The van der Waals surface area contributed by atoms with Crippen molar-refractivity contribution in [2.45, 2.75) is 13.8 Å². The van der Waals surface area contributed by atoms with Gasteiger partial charge in [0.25, 0.3) is 0 Å². The zero-order valence-corrected chi connectivity index (χ0v) is 9.73. The molecule has 3 heteroatoms. The van der Waals surface area contributed by atoms with Gasteiger partial charge in [-0.2, -0.15) is 5.26 Å². The van der Waals surface area contributed by atoms with Gasteiger partial charge in [-0.25, -0.2) is 0 Å². The Morgan fingerprint density at radius 1 is 1.38 bits per heavy atom. The average molecular weight is 217 g/mol. The summed E-state index contributed by atoms with van der Waals surface area (Å²) in [4.78, 5) is 12.1. The van der Waals surface area contributed by atoms with Crippen molar-refractivity contribution in [2.24, 2.45) is 11.8 Å². The quantitative estimate of drug-likeness (QED) is 0.728. The van der Waals surface area contributed by atoms with Gasteiger partial charge in [0.2, 0.25) is 0 Å². The Bertz CT molecular complexity index is 418. The highest BCUT2D eigenvalue weighted by Crippen LogP contribution is 2.23. The van der Waals surface area contributed by atoms with Gasteiger partial charge < -0.3 is 4.74 Å². The van der Waals surface area contributed by atoms with Gasteiger partial charge in [0.05, 0.1) is 18.7 Å². The second kappa shape index (κ2) is 5.32. The summed E-state index contributed by atoms with van der Waals surface area (Å²) in [6.45, 7) is 3.72. The lowest BCUT2D eigenvalue weighted by molar-refractivity contribution is 0.0921. The Kier molecular flexibility index (Phi) is 4.07. The minimum atomic E-state index is -0.615. The maximum atomic E-state index is 12.1. The number of carbonyl (C=O) groups excluding carboxylic acids is 1. The minimum Gasteiger partial charge on any atom is -0.496 e. The van der Waals surface area contributed by atoms with E-state index in [1.807, 2.05) is 19.9 Å². The molecular formula is C13H15NO2. The van der Waals surface area contributed by atoms with Gasteiger partial charge in [0.15, 0.2) is 5.78 Å². The number of methoxy groups -OCH3 is 1. The van der Waals surface area contributed by atoms with Gasteiger partial charge in [0, 0.05) is 0 Å². The molecule has 0 saturated heterocycles. The van der Waals surface area contributed by atoms with Gasteiger partial charge in [0.1, 0.15) is 11.7 Å². The predicted octanol–water partition coefficient (Wildman–Crippen LogP) is 2.67. The number of nitrogens with zero attached hydrogens (tertiary/aromatic N) is 1. The molecule has 0 fully saturated rings. The first-order valence-corrected chi connectivity index (χ1v) is 5.18. The van der Waals surface area contributed by atoms with Gasteiger partial charge in [-0.05, 0) is 18.1 Å². The molecule has 1 unspecified atom stereocenters. The molecule has 0 spiro atoms. The van der Waals surface area contributed by atoms with Crippen LogP contribution < -0.4 is 4.74 Å². The highest BCUT2D eigenvalue weighted by Gasteiger charge is 2.25. The highest BCUT2D eigenvalue weighted by atomic mass is 16.5. The number of para-hydroxylation sites is 1. The number of ketones is 1. The van der Waals surface area contributed by atoms with Gasteiger partial charge in [-0.1, -0.05) is 26.0 Å². The minimum absolute atomic E-state index is 0.00223. The molecule has 0 radical (unpaired) electrons. The van der Waals surface area contributed by atoms with Gasteiger partial charge >= 0.3 is 0 Å². The smallest absolute Gasteiger partial charge is 0.183 e. The van der Waals surface area contributed by atoms with Crippen LogP contribution in [0.3, 0.4) is 0 Å². The third-order valence-corrected chi connectivity index (χ3v) is 2.46. The fourth-order valence-electron chi connectivity index (χ4n) is 1.53. The van der Waals surface area contributed by atoms with Crippen LogP contribution in [-0.2, 0) is 0 Å². The summed E-state index contributed by atoms with van der Waals surface area (Å²) in [6.07, 6.45) is 0. The highest BCUT2D eigenvalue weighted by molar-refractivity contribution is 6.01. The molecule has 0 N–H and O–H groups in total. The number of hydrogen-bond acceptors (Lipinski definition) is 3. The zero-order chi connectivity index (χ0) is 12.1. The molecule has 84 valence electrons. The van der Waals surface area contributed by atoms with E-state index in [1.54, 1.807) is 24.3 Å². The van der Waals surface area contributed by atoms with Crippen LogP contribution in [0.25, 0.3) is 0 Å². The number of carbonyl (C=O) groups is 1. The van der Waals surface area contributed by atoms with Crippen molar-refractivity contribution in [3.8, 4) is 11.8 Å². The maximum Gasteiger partial charge on any atom is 0.183 e. The Labute approximate surface area is 95.7 Å². The number of rotatable bonds is 4. The molecule has 0 aliphatic heterocycles. The molecule has 0 aromatic heterocycles. The summed E-state index contributed by atoms with van der Waals surface area (Å²) >= 11 is 0. The van der Waals surface area contributed by atoms with E-state index in [0.717, 1.165) is 0 Å². The number of Topliss-reactive ketones (excluding diaryl/α,β-unsaturated/α-hetero) is 1. The molecule has 0 saturated carbocycles. The van der Waals surface area contributed by atoms with Crippen LogP contribution in [-0.4, -0.2) is 12.9 Å². The first-order valence-electron chi connectivity index (χ1n) is 5.18. The van der Waals surface area contributed by atoms with Crippen molar-refractivity contribution in [1.29, 1.82) is 5.26 Å². The molecule has 3 nitrogen and oxygen atoms in total. The third-order valence-electron chi connectivity index (χ3n) is 2.46. The van der Waals surface area contributed by atoms with Crippen LogP contribution in [0.5, 0.6) is 5.75 Å². The van der Waals surface area contributed by atoms with Gasteiger partial charge in [-0.3, -0.25) is 4.79 Å². The van der Waals surface area contributed by atoms with E-state index in [9.17, 15) is 4.79 Å². The molecule has 0 bridgehead atoms. The number of benzene rings is 1. The van der Waals surface area contributed by atoms with Crippen molar-refractivity contribution in [2.75, 3.05) is 7.11 Å². The lowest BCUT2D eigenvalue weighted by atomic mass is 9.89. The number of nitriles is 1. The fourth-order valence-corrected chi connectivity index (χ4v) is 1.53. The van der Waals surface area contributed by atoms with Crippen molar-refractivity contribution < 1.29 is 9.53 Å². The van der Waals surface area contributed by atoms with E-state index < -0.39 is 5.92 Å². The normalized spacial score (nSPS) is 11.9. The van der Waals surface area contributed by atoms with E-state index in [-0.39, 0.29) is 11.7 Å². The van der Waals surface area contributed by atoms with Crippen molar-refractivity contribution >= 4 is 5.78 Å². The Morgan fingerprint density at radius 3 is 2.50 bits per heavy atom. The molecule has 1 aromatic rings. The summed E-state index contributed by atoms with van der Waals surface area (Å²) in [5.74, 6) is -0.262. The summed E-state index contributed by atoms with van der Waals surface area (Å²) < 4.78 is 5.11. The molecular weight excluding hydrogens is 202 g/mol. The second-order valence-electron chi connectivity index (χ2n) is 3.92. The van der Waals surface area contributed by atoms with Crippen molar-refractivity contribution in [1.82, 2.24) is 0 Å². The maximum absolute atomic E-state index is 12.1. The Morgan fingerprint density at radius 2 is 2.00 bits per heavy atom. The zero-order valence-electron chi connectivity index (χ0n) is 9.73. The number of hydrogen-bond donors (Lipinski definition) is 0. The second-order valence-corrected chi connectivity index (χ2v) is 3.92. The summed E-state index contributed by atoms with van der Waals surface area (Å²) in [5.41, 5.74) is 0.477. The third kappa shape index (κ3) is 2.40. The SMILES string of the molecule is COc1ccccc1C(=O)C(C#N)C(C)C. The topological polar surface area (TPSA) is 50.1 Å². The lowest BCUT2D eigenvalue weighted by Gasteiger charge is -2.13. The first kappa shape index (κ1) is 12.3. The summed E-state index contributed by atoms with van der Waals surface area (Å²) in [5, 5.41) is 8.98. The first-order chi connectivity index (χ1) is 7.61. The van der Waals surface area contributed by atoms with E-state index >= 15 is 0 Å². The van der Waals surface area contributed by atoms with Crippen LogP contribution in [0, 0.1) is 23.2 Å². The molecule has 1 rings (SSSR count). The van der Waals surface area contributed by atoms with Crippen LogP contribution in [0.1, 0.15) is 24.2 Å². The van der Waals surface area contributed by atoms with Crippen LogP contribution >= 0.6 is 0 Å². The molecule has 1 aromatic carbocycles. The van der Waals surface area contributed by atoms with Crippen LogP contribution in [0.4, 0.5) is 0 Å². The lowest BCUT2D eigenvalue weighted by Crippen LogP contribution is -2.19. The Hall–Kier alpha value is -1.82. The standard InChI is InChI=1S/C13H15NO2/c1-9(2)11(8-14)13(15)10-6-4-5-7-12(10)16-3/h4-7,9,11H,1-3H3. The van der Waals surface area contributed by atoms with E-state index in [0.29, 0.717) is 11.3 Å². The molecule has 0 aliphatic rings. The molecule has 0 aliphatic carbocycles. The van der Waals surface area contributed by atoms with E-state index in [1.165, 1.54) is 7.11 Å². The average Bonchev–Trinajstić information content (AvgIpc) is 2.29. The largest absolute Gasteiger partial charge is 0.496 e. The van der Waals surface area contributed by atoms with E-state index in [2.05, 4.69) is 0 Å². The van der Waals surface area contributed by atoms with Crippen molar-refractivity contribution in [3.63, 3.8) is 0 Å². The molecule has 16 heavy (non-hydrogen) atoms. The number of ether oxygens (including phenoxy) is 1. The monoisotopic (exact) mass is 217 g/mol. The Balaban J connectivity index is 3.09. The van der Waals surface area contributed by atoms with Gasteiger partial charge in [-0.15, -0.1) is 0 Å². The predicted molar refractivity (Wildman–Crippen MR) is 61.3 cm³/mol. The van der Waals surface area contributed by atoms with Crippen LogP contribution in [0.15, 0.2) is 24.3 Å². The summed E-state index contributed by atoms with van der Waals surface area (Å²) in [6, 6.07) is 9.02. The molecule has 0 amide bonds. The fraction of sp³-hybridized carbons (Fsp3) is 0.385.